The van der Waals surface area contributed by atoms with Crippen molar-refractivity contribution in [3.05, 3.63) is 42.0 Å². The molecule has 2 aliphatic heterocycles. The third-order valence-electron chi connectivity index (χ3n) is 5.16. The van der Waals surface area contributed by atoms with Crippen LogP contribution in [0.1, 0.15) is 24.4 Å². The molecule has 0 aliphatic carbocycles. The highest BCUT2D eigenvalue weighted by atomic mass is 16.7. The first-order chi connectivity index (χ1) is 13.7. The van der Waals surface area contributed by atoms with Crippen LogP contribution in [-0.2, 0) is 4.79 Å². The molecule has 7 nitrogen and oxygen atoms in total. The normalized spacial score (nSPS) is 18.1. The van der Waals surface area contributed by atoms with Gasteiger partial charge in [0.15, 0.2) is 11.5 Å². The van der Waals surface area contributed by atoms with Crippen molar-refractivity contribution < 1.29 is 23.7 Å². The molecule has 2 aromatic carbocycles. The molecule has 0 unspecified atom stereocenters. The van der Waals surface area contributed by atoms with E-state index < -0.39 is 0 Å². The number of fused-ring (bicyclic) bond motifs is 1. The molecule has 0 bridgehead atoms. The minimum absolute atomic E-state index is 0.0624. The standard InChI is InChI=1S/C21H24N2O5/c1-25-15-6-8-18(26-2)16(11-15)17-4-3-9-23(17)12-21(24)22-14-5-7-19-20(10-14)28-13-27-19/h5-8,10-11,17H,3-4,9,12-13H2,1-2H3,(H,22,24)/t17-/m1/s1. The lowest BCUT2D eigenvalue weighted by Crippen LogP contribution is -2.33. The molecule has 4 rings (SSSR count). The Bertz CT molecular complexity index is 870. The predicted octanol–water partition coefficient (Wildman–Crippen LogP) is 3.21. The first kappa shape index (κ1) is 18.4. The van der Waals surface area contributed by atoms with Gasteiger partial charge in [0.2, 0.25) is 12.7 Å². The number of hydrogen-bond donors (Lipinski definition) is 1. The average Bonchev–Trinajstić information content (AvgIpc) is 3.36. The molecule has 0 saturated carbocycles. The molecule has 0 aromatic heterocycles. The van der Waals surface area contributed by atoms with E-state index in [-0.39, 0.29) is 18.7 Å². The molecule has 1 N–H and O–H groups in total. The lowest BCUT2D eigenvalue weighted by molar-refractivity contribution is -0.117. The number of nitrogens with zero attached hydrogens (tertiary/aromatic N) is 1. The number of carbonyl (C=O) groups is 1. The Labute approximate surface area is 164 Å². The zero-order chi connectivity index (χ0) is 19.5. The van der Waals surface area contributed by atoms with E-state index in [1.165, 1.54) is 0 Å². The SMILES string of the molecule is COc1ccc(OC)c([C@H]2CCCN2CC(=O)Nc2ccc3c(c2)OCO3)c1. The summed E-state index contributed by atoms with van der Waals surface area (Å²) < 4.78 is 21.6. The van der Waals surface area contributed by atoms with E-state index in [2.05, 4.69) is 10.2 Å². The average molecular weight is 384 g/mol. The molecule has 2 aliphatic rings. The minimum atomic E-state index is -0.0624. The highest BCUT2D eigenvalue weighted by Gasteiger charge is 2.30. The molecule has 28 heavy (non-hydrogen) atoms. The largest absolute Gasteiger partial charge is 0.497 e. The Hall–Kier alpha value is -2.93. The van der Waals surface area contributed by atoms with Crippen molar-refractivity contribution in [1.29, 1.82) is 0 Å². The van der Waals surface area contributed by atoms with Crippen LogP contribution in [0.5, 0.6) is 23.0 Å². The number of anilines is 1. The van der Waals surface area contributed by atoms with Crippen molar-refractivity contribution in [1.82, 2.24) is 4.90 Å². The van der Waals surface area contributed by atoms with Gasteiger partial charge in [0.25, 0.3) is 0 Å². The van der Waals surface area contributed by atoms with Crippen LogP contribution >= 0.6 is 0 Å². The summed E-state index contributed by atoms with van der Waals surface area (Å²) in [6.07, 6.45) is 2.00. The predicted molar refractivity (Wildman–Crippen MR) is 104 cm³/mol. The van der Waals surface area contributed by atoms with E-state index in [0.29, 0.717) is 23.7 Å². The van der Waals surface area contributed by atoms with Gasteiger partial charge in [-0.15, -0.1) is 0 Å². The Morgan fingerprint density at radius 2 is 2.00 bits per heavy atom. The summed E-state index contributed by atoms with van der Waals surface area (Å²) in [5.74, 6) is 2.88. The van der Waals surface area contributed by atoms with E-state index in [1.807, 2.05) is 24.3 Å². The number of likely N-dealkylation sites (tertiary alicyclic amines) is 1. The molecule has 0 radical (unpaired) electrons. The molecule has 2 aromatic rings. The third-order valence-corrected chi connectivity index (χ3v) is 5.16. The fourth-order valence-electron chi connectivity index (χ4n) is 3.83. The number of hydrogen-bond acceptors (Lipinski definition) is 6. The zero-order valence-corrected chi connectivity index (χ0v) is 16.1. The summed E-state index contributed by atoms with van der Waals surface area (Å²) in [5.41, 5.74) is 1.75. The number of benzene rings is 2. The second kappa shape index (κ2) is 7.98. The van der Waals surface area contributed by atoms with Gasteiger partial charge in [-0.2, -0.15) is 0 Å². The van der Waals surface area contributed by atoms with Gasteiger partial charge < -0.3 is 24.3 Å². The fraction of sp³-hybridized carbons (Fsp3) is 0.381. The number of methoxy groups -OCH3 is 2. The van der Waals surface area contributed by atoms with Crippen LogP contribution in [0.3, 0.4) is 0 Å². The maximum absolute atomic E-state index is 12.6. The maximum Gasteiger partial charge on any atom is 0.238 e. The van der Waals surface area contributed by atoms with Crippen molar-refractivity contribution in [3.8, 4) is 23.0 Å². The van der Waals surface area contributed by atoms with Gasteiger partial charge >= 0.3 is 0 Å². The van der Waals surface area contributed by atoms with Crippen molar-refractivity contribution in [2.45, 2.75) is 18.9 Å². The Morgan fingerprint density at radius 1 is 1.14 bits per heavy atom. The van der Waals surface area contributed by atoms with Crippen LogP contribution in [0.15, 0.2) is 36.4 Å². The van der Waals surface area contributed by atoms with Gasteiger partial charge in [0.05, 0.1) is 20.8 Å². The Balaban J connectivity index is 1.46. The van der Waals surface area contributed by atoms with E-state index >= 15 is 0 Å². The van der Waals surface area contributed by atoms with Crippen LogP contribution < -0.4 is 24.3 Å². The van der Waals surface area contributed by atoms with Crippen LogP contribution in [0.2, 0.25) is 0 Å². The summed E-state index contributed by atoms with van der Waals surface area (Å²) >= 11 is 0. The third kappa shape index (κ3) is 3.71. The first-order valence-corrected chi connectivity index (χ1v) is 9.33. The van der Waals surface area contributed by atoms with Crippen molar-refractivity contribution >= 4 is 11.6 Å². The van der Waals surface area contributed by atoms with E-state index in [0.717, 1.165) is 36.4 Å². The van der Waals surface area contributed by atoms with E-state index in [4.69, 9.17) is 18.9 Å². The molecule has 1 amide bonds. The van der Waals surface area contributed by atoms with Gasteiger partial charge in [-0.1, -0.05) is 0 Å². The Morgan fingerprint density at radius 3 is 2.82 bits per heavy atom. The van der Waals surface area contributed by atoms with Crippen LogP contribution in [0.25, 0.3) is 0 Å². The second-order valence-corrected chi connectivity index (χ2v) is 6.85. The van der Waals surface area contributed by atoms with Gasteiger partial charge in [-0.05, 0) is 49.7 Å². The molecule has 1 fully saturated rings. The van der Waals surface area contributed by atoms with Gasteiger partial charge in [0, 0.05) is 23.4 Å². The minimum Gasteiger partial charge on any atom is -0.497 e. The maximum atomic E-state index is 12.6. The van der Waals surface area contributed by atoms with Crippen molar-refractivity contribution in [2.24, 2.45) is 0 Å². The monoisotopic (exact) mass is 384 g/mol. The van der Waals surface area contributed by atoms with Crippen LogP contribution in [-0.4, -0.2) is 44.9 Å². The molecule has 7 heteroatoms. The smallest absolute Gasteiger partial charge is 0.238 e. The topological polar surface area (TPSA) is 69.3 Å². The summed E-state index contributed by atoms with van der Waals surface area (Å²) in [6, 6.07) is 11.3. The lowest BCUT2D eigenvalue weighted by atomic mass is 10.0. The summed E-state index contributed by atoms with van der Waals surface area (Å²) in [7, 11) is 3.31. The van der Waals surface area contributed by atoms with Crippen LogP contribution in [0, 0.1) is 0 Å². The van der Waals surface area contributed by atoms with Crippen molar-refractivity contribution in [2.75, 3.05) is 39.4 Å². The summed E-state index contributed by atoms with van der Waals surface area (Å²) in [4.78, 5) is 14.8. The fourth-order valence-corrected chi connectivity index (χ4v) is 3.83. The zero-order valence-electron chi connectivity index (χ0n) is 16.1. The van der Waals surface area contributed by atoms with Gasteiger partial charge in [-0.25, -0.2) is 0 Å². The molecule has 1 saturated heterocycles. The second-order valence-electron chi connectivity index (χ2n) is 6.85. The quantitative estimate of drug-likeness (QED) is 0.825. The van der Waals surface area contributed by atoms with E-state index in [9.17, 15) is 4.79 Å². The molecule has 1 atom stereocenters. The van der Waals surface area contributed by atoms with Gasteiger partial charge in [-0.3, -0.25) is 9.69 Å². The Kier molecular flexibility index (Phi) is 5.25. The lowest BCUT2D eigenvalue weighted by Gasteiger charge is -2.26. The summed E-state index contributed by atoms with van der Waals surface area (Å²) in [5, 5.41) is 2.95. The van der Waals surface area contributed by atoms with E-state index in [1.54, 1.807) is 26.4 Å². The summed E-state index contributed by atoms with van der Waals surface area (Å²) in [6.45, 7) is 1.38. The van der Waals surface area contributed by atoms with Gasteiger partial charge in [0.1, 0.15) is 11.5 Å². The highest BCUT2D eigenvalue weighted by Crippen LogP contribution is 2.39. The number of rotatable bonds is 6. The van der Waals surface area contributed by atoms with Crippen LogP contribution in [0.4, 0.5) is 5.69 Å². The molecular formula is C21H24N2O5. The number of ether oxygens (including phenoxy) is 4. The molecule has 0 spiro atoms. The number of carbonyl (C=O) groups excluding carboxylic acids is 1. The van der Waals surface area contributed by atoms with Crippen molar-refractivity contribution in [3.63, 3.8) is 0 Å². The molecule has 2 heterocycles. The molecular weight excluding hydrogens is 360 g/mol. The first-order valence-electron chi connectivity index (χ1n) is 9.33. The molecule has 148 valence electrons. The highest BCUT2D eigenvalue weighted by molar-refractivity contribution is 5.92. The number of nitrogens with one attached hydrogen (secondary N) is 1. The number of amides is 1.